The van der Waals surface area contributed by atoms with Crippen molar-refractivity contribution in [3.8, 4) is 5.69 Å². The van der Waals surface area contributed by atoms with E-state index in [9.17, 15) is 21.6 Å². The number of alkyl halides is 3. The second-order valence-electron chi connectivity index (χ2n) is 9.29. The number of hydrogen-bond donors (Lipinski definition) is 1. The molecule has 34 heavy (non-hydrogen) atoms. The zero-order chi connectivity index (χ0) is 25.4. The first-order chi connectivity index (χ1) is 15.7. The summed E-state index contributed by atoms with van der Waals surface area (Å²) in [6, 6.07) is 9.99. The normalized spacial score (nSPS) is 12.7. The van der Waals surface area contributed by atoms with Crippen molar-refractivity contribution >= 4 is 15.8 Å². The zero-order valence-electron chi connectivity index (χ0n) is 20.1. The Balaban J connectivity index is 2.03. The minimum absolute atomic E-state index is 0.0229. The summed E-state index contributed by atoms with van der Waals surface area (Å²) in [5.41, 5.74) is 1.88. The monoisotopic (exact) mass is 493 g/mol. The Morgan fingerprint density at radius 1 is 0.882 bits per heavy atom. The smallest absolute Gasteiger partial charge is 0.262 e. The first-order valence-electron chi connectivity index (χ1n) is 11.1. The Kier molecular flexibility index (Phi) is 7.17. The van der Waals surface area contributed by atoms with E-state index < -0.39 is 21.8 Å². The van der Waals surface area contributed by atoms with Gasteiger partial charge in [0.05, 0.1) is 16.1 Å². The summed E-state index contributed by atoms with van der Waals surface area (Å²) >= 11 is 0. The van der Waals surface area contributed by atoms with Crippen LogP contribution in [0.5, 0.6) is 0 Å². The van der Waals surface area contributed by atoms with Gasteiger partial charge < -0.3 is 0 Å². The van der Waals surface area contributed by atoms with Gasteiger partial charge in [0.2, 0.25) is 0 Å². The zero-order valence-corrected chi connectivity index (χ0v) is 20.9. The molecule has 0 amide bonds. The van der Waals surface area contributed by atoms with Gasteiger partial charge in [-0.05, 0) is 52.6 Å². The number of hydrogen-bond acceptors (Lipinski definition) is 3. The molecule has 0 aliphatic heterocycles. The van der Waals surface area contributed by atoms with Crippen LogP contribution in [0, 0.1) is 0 Å². The number of sulfonamides is 1. The van der Waals surface area contributed by atoms with Crippen LogP contribution in [0.3, 0.4) is 0 Å². The second kappa shape index (κ2) is 9.44. The van der Waals surface area contributed by atoms with Crippen molar-refractivity contribution in [2.24, 2.45) is 0 Å². The summed E-state index contributed by atoms with van der Waals surface area (Å²) in [5, 5.41) is 4.17. The third kappa shape index (κ3) is 5.46. The Morgan fingerprint density at radius 3 is 1.97 bits per heavy atom. The minimum atomic E-state index is -4.49. The lowest BCUT2D eigenvalue weighted by Crippen LogP contribution is -2.19. The molecule has 1 N–H and O–H groups in total. The van der Waals surface area contributed by atoms with E-state index in [0.29, 0.717) is 0 Å². The third-order valence-electron chi connectivity index (χ3n) is 5.61. The molecular weight excluding hydrogens is 463 g/mol. The number of aromatic nitrogens is 2. The standard InChI is InChI=1S/C25H30F3N3O2S/c1-15(2)18-12-21(16(3)4)24(22(13-18)17(5)6)34(32,33)30-23-10-11-31(29-23)20-9-7-8-19(14-20)25(26,27)28/h7-17H,1-6H3,(H,29,30). The van der Waals surface area contributed by atoms with Crippen LogP contribution in [0.25, 0.3) is 5.69 Å². The van der Waals surface area contributed by atoms with E-state index in [1.165, 1.54) is 29.1 Å². The molecule has 1 heterocycles. The van der Waals surface area contributed by atoms with Gasteiger partial charge >= 0.3 is 6.18 Å². The maximum Gasteiger partial charge on any atom is 0.416 e. The SMILES string of the molecule is CC(C)c1cc(C(C)C)c(S(=O)(=O)Nc2ccn(-c3cccc(C(F)(F)F)c3)n2)c(C(C)C)c1. The van der Waals surface area contributed by atoms with E-state index in [-0.39, 0.29) is 34.2 Å². The lowest BCUT2D eigenvalue weighted by atomic mass is 9.89. The highest BCUT2D eigenvalue weighted by molar-refractivity contribution is 7.92. The number of nitrogens with one attached hydrogen (secondary N) is 1. The van der Waals surface area contributed by atoms with E-state index in [1.54, 1.807) is 0 Å². The fourth-order valence-electron chi connectivity index (χ4n) is 3.74. The molecule has 9 heteroatoms. The van der Waals surface area contributed by atoms with Crippen molar-refractivity contribution in [2.75, 3.05) is 4.72 Å². The van der Waals surface area contributed by atoms with Gasteiger partial charge in [-0.15, -0.1) is 5.10 Å². The number of halogens is 3. The molecule has 184 valence electrons. The van der Waals surface area contributed by atoms with Crippen molar-refractivity contribution in [3.63, 3.8) is 0 Å². The molecule has 0 atom stereocenters. The molecule has 0 fully saturated rings. The Bertz CT molecular complexity index is 1250. The van der Waals surface area contributed by atoms with Gasteiger partial charge in [-0.25, -0.2) is 13.1 Å². The van der Waals surface area contributed by atoms with Gasteiger partial charge in [-0.1, -0.05) is 59.7 Å². The highest BCUT2D eigenvalue weighted by Crippen LogP contribution is 2.36. The van der Waals surface area contributed by atoms with Crippen LogP contribution in [0.15, 0.2) is 53.6 Å². The molecule has 0 bridgehead atoms. The quantitative estimate of drug-likeness (QED) is 0.383. The highest BCUT2D eigenvalue weighted by atomic mass is 32.2. The summed E-state index contributed by atoms with van der Waals surface area (Å²) in [5.74, 6) is 0.188. The third-order valence-corrected chi connectivity index (χ3v) is 7.10. The van der Waals surface area contributed by atoms with Gasteiger partial charge in [0.15, 0.2) is 5.82 Å². The number of anilines is 1. The summed E-state index contributed by atoms with van der Waals surface area (Å²) in [6.07, 6.45) is -3.07. The predicted octanol–water partition coefficient (Wildman–Crippen LogP) is 7.06. The Hall–Kier alpha value is -2.81. The van der Waals surface area contributed by atoms with Gasteiger partial charge in [0, 0.05) is 12.3 Å². The predicted molar refractivity (Wildman–Crippen MR) is 128 cm³/mol. The Labute approximate surface area is 199 Å². The van der Waals surface area contributed by atoms with Crippen molar-refractivity contribution in [1.29, 1.82) is 0 Å². The molecule has 0 saturated carbocycles. The van der Waals surface area contributed by atoms with Crippen LogP contribution in [0.1, 0.15) is 81.5 Å². The topological polar surface area (TPSA) is 64.0 Å². The minimum Gasteiger partial charge on any atom is -0.262 e. The van der Waals surface area contributed by atoms with E-state index >= 15 is 0 Å². The molecule has 0 aliphatic carbocycles. The molecule has 0 radical (unpaired) electrons. The largest absolute Gasteiger partial charge is 0.416 e. The van der Waals surface area contributed by atoms with Gasteiger partial charge in [-0.3, -0.25) is 4.72 Å². The molecule has 1 aromatic heterocycles. The van der Waals surface area contributed by atoms with Gasteiger partial charge in [-0.2, -0.15) is 13.2 Å². The maximum absolute atomic E-state index is 13.6. The van der Waals surface area contributed by atoms with Gasteiger partial charge in [0.25, 0.3) is 10.0 Å². The van der Waals surface area contributed by atoms with Crippen LogP contribution >= 0.6 is 0 Å². The first-order valence-corrected chi connectivity index (χ1v) is 12.6. The average molecular weight is 494 g/mol. The molecule has 2 aromatic carbocycles. The van der Waals surface area contributed by atoms with E-state index in [1.807, 2.05) is 39.8 Å². The molecule has 0 unspecified atom stereocenters. The van der Waals surface area contributed by atoms with Crippen molar-refractivity contribution in [3.05, 3.63) is 70.9 Å². The fraction of sp³-hybridized carbons (Fsp3) is 0.400. The van der Waals surface area contributed by atoms with Gasteiger partial charge in [0.1, 0.15) is 0 Å². The molecular formula is C25H30F3N3O2S. The molecule has 0 saturated heterocycles. The van der Waals surface area contributed by atoms with Crippen LogP contribution in [0.2, 0.25) is 0 Å². The fourth-order valence-corrected chi connectivity index (χ4v) is 5.43. The number of nitrogens with zero attached hydrogens (tertiary/aromatic N) is 2. The van der Waals surface area contributed by atoms with Crippen LogP contribution in [-0.2, 0) is 16.2 Å². The number of rotatable bonds is 7. The second-order valence-corrected chi connectivity index (χ2v) is 10.9. The van der Waals surface area contributed by atoms with Crippen LogP contribution in [0.4, 0.5) is 19.0 Å². The first kappa shape index (κ1) is 25.8. The molecule has 0 spiro atoms. The number of benzene rings is 2. The van der Waals surface area contributed by atoms with Crippen LogP contribution < -0.4 is 4.72 Å². The molecule has 5 nitrogen and oxygen atoms in total. The van der Waals surface area contributed by atoms with Crippen LogP contribution in [-0.4, -0.2) is 18.2 Å². The lowest BCUT2D eigenvalue weighted by molar-refractivity contribution is -0.137. The van der Waals surface area contributed by atoms with Crippen molar-refractivity contribution in [1.82, 2.24) is 9.78 Å². The van der Waals surface area contributed by atoms with Crippen molar-refractivity contribution in [2.45, 2.75) is 70.4 Å². The summed E-state index contributed by atoms with van der Waals surface area (Å²) in [4.78, 5) is 0.232. The molecule has 0 aliphatic rings. The lowest BCUT2D eigenvalue weighted by Gasteiger charge is -2.22. The highest BCUT2D eigenvalue weighted by Gasteiger charge is 2.31. The van der Waals surface area contributed by atoms with Crippen molar-refractivity contribution < 1.29 is 21.6 Å². The summed E-state index contributed by atoms with van der Waals surface area (Å²) < 4.78 is 70.0. The summed E-state index contributed by atoms with van der Waals surface area (Å²) in [7, 11) is -4.01. The maximum atomic E-state index is 13.6. The summed E-state index contributed by atoms with van der Waals surface area (Å²) in [6.45, 7) is 11.9. The average Bonchev–Trinajstić information content (AvgIpc) is 3.19. The Morgan fingerprint density at radius 2 is 1.47 bits per heavy atom. The van der Waals surface area contributed by atoms with E-state index in [2.05, 4.69) is 23.7 Å². The van der Waals surface area contributed by atoms with E-state index in [0.717, 1.165) is 28.8 Å². The van der Waals surface area contributed by atoms with E-state index in [4.69, 9.17) is 0 Å². The molecule has 3 aromatic rings. The molecule has 3 rings (SSSR count).